The lowest BCUT2D eigenvalue weighted by Gasteiger charge is -2.33. The molecule has 6 nitrogen and oxygen atoms in total. The first-order chi connectivity index (χ1) is 17.0. The van der Waals surface area contributed by atoms with Gasteiger partial charge in [0.05, 0.1) is 13.7 Å². The Kier molecular flexibility index (Phi) is 10.5. The van der Waals surface area contributed by atoms with Crippen LogP contribution in [0.2, 0.25) is 5.02 Å². The third kappa shape index (κ3) is 7.28. The molecule has 0 bridgehead atoms. The van der Waals surface area contributed by atoms with Crippen LogP contribution in [0.1, 0.15) is 62.6 Å². The largest absolute Gasteiger partial charge is 0.493 e. The topological polar surface area (TPSA) is 67.9 Å². The summed E-state index contributed by atoms with van der Waals surface area (Å²) in [4.78, 5) is 28.4. The molecule has 0 radical (unpaired) electrons. The summed E-state index contributed by atoms with van der Waals surface area (Å²) in [7, 11) is 1.55. The van der Waals surface area contributed by atoms with E-state index in [1.807, 2.05) is 25.1 Å². The van der Waals surface area contributed by atoms with Gasteiger partial charge in [-0.2, -0.15) is 0 Å². The molecule has 2 amide bonds. The van der Waals surface area contributed by atoms with Crippen LogP contribution >= 0.6 is 23.2 Å². The van der Waals surface area contributed by atoms with Crippen molar-refractivity contribution in [2.45, 2.75) is 64.1 Å². The van der Waals surface area contributed by atoms with Crippen molar-refractivity contribution in [2.75, 3.05) is 19.6 Å². The van der Waals surface area contributed by atoms with Gasteiger partial charge in [0.15, 0.2) is 11.5 Å². The number of nitrogens with zero attached hydrogens (tertiary/aromatic N) is 1. The molecule has 1 fully saturated rings. The van der Waals surface area contributed by atoms with Gasteiger partial charge in [0, 0.05) is 17.6 Å². The molecule has 0 heterocycles. The van der Waals surface area contributed by atoms with Crippen molar-refractivity contribution >= 4 is 35.0 Å². The van der Waals surface area contributed by atoms with Crippen LogP contribution in [0.5, 0.6) is 11.5 Å². The zero-order valence-electron chi connectivity index (χ0n) is 20.4. The van der Waals surface area contributed by atoms with Gasteiger partial charge < -0.3 is 19.7 Å². The fourth-order valence-corrected chi connectivity index (χ4v) is 4.87. The molecule has 3 rings (SSSR count). The van der Waals surface area contributed by atoms with E-state index >= 15 is 0 Å². The number of amides is 2. The number of nitrogens with one attached hydrogen (secondary N) is 1. The highest BCUT2D eigenvalue weighted by molar-refractivity contribution is 6.31. The van der Waals surface area contributed by atoms with E-state index in [9.17, 15) is 9.59 Å². The highest BCUT2D eigenvalue weighted by atomic mass is 35.5. The maximum absolute atomic E-state index is 13.8. The molecule has 1 aliphatic rings. The lowest BCUT2D eigenvalue weighted by Crippen LogP contribution is -2.46. The molecular weight excluding hydrogens is 487 g/mol. The van der Waals surface area contributed by atoms with Crippen LogP contribution < -0.4 is 14.8 Å². The first-order valence-electron chi connectivity index (χ1n) is 12.2. The van der Waals surface area contributed by atoms with E-state index in [0.29, 0.717) is 28.7 Å². The minimum absolute atomic E-state index is 0.0744. The van der Waals surface area contributed by atoms with E-state index in [1.54, 1.807) is 31.4 Å². The van der Waals surface area contributed by atoms with Crippen LogP contribution in [0.3, 0.4) is 0 Å². The van der Waals surface area contributed by atoms with Crippen LogP contribution in [0.25, 0.3) is 0 Å². The molecule has 1 saturated carbocycles. The Balaban J connectivity index is 2.02. The van der Waals surface area contributed by atoms with Crippen molar-refractivity contribution in [2.24, 2.45) is 0 Å². The number of hydrogen-bond acceptors (Lipinski definition) is 4. The van der Waals surface area contributed by atoms with Crippen LogP contribution in [0.15, 0.2) is 42.5 Å². The lowest BCUT2D eigenvalue weighted by molar-refractivity contribution is -0.140. The summed E-state index contributed by atoms with van der Waals surface area (Å²) in [5, 5.41) is 3.73. The van der Waals surface area contributed by atoms with Crippen molar-refractivity contribution < 1.29 is 19.1 Å². The van der Waals surface area contributed by atoms with Crippen LogP contribution in [0, 0.1) is 0 Å². The zero-order chi connectivity index (χ0) is 25.2. The average Bonchev–Trinajstić information content (AvgIpc) is 3.13. The third-order valence-corrected chi connectivity index (χ3v) is 6.90. The van der Waals surface area contributed by atoms with Gasteiger partial charge in [-0.25, -0.2) is 0 Å². The molecule has 35 heavy (non-hydrogen) atoms. The van der Waals surface area contributed by atoms with Gasteiger partial charge in [0.2, 0.25) is 11.8 Å². The van der Waals surface area contributed by atoms with Crippen molar-refractivity contribution in [3.8, 4) is 11.5 Å². The van der Waals surface area contributed by atoms with Gasteiger partial charge in [0.1, 0.15) is 11.9 Å². The monoisotopic (exact) mass is 520 g/mol. The van der Waals surface area contributed by atoms with E-state index in [4.69, 9.17) is 32.7 Å². The zero-order valence-corrected chi connectivity index (χ0v) is 21.9. The van der Waals surface area contributed by atoms with Gasteiger partial charge in [-0.3, -0.25) is 9.59 Å². The Morgan fingerprint density at radius 1 is 1.09 bits per heavy atom. The normalized spacial score (nSPS) is 15.1. The Morgan fingerprint density at radius 3 is 2.43 bits per heavy atom. The Hall–Kier alpha value is -2.44. The lowest BCUT2D eigenvalue weighted by atomic mass is 10.0. The molecule has 1 unspecified atom stereocenters. The van der Waals surface area contributed by atoms with E-state index in [1.165, 1.54) is 17.7 Å². The van der Waals surface area contributed by atoms with Gasteiger partial charge in [-0.05, 0) is 49.1 Å². The molecular formula is C27H34Cl2N2O4. The van der Waals surface area contributed by atoms with E-state index < -0.39 is 6.04 Å². The standard InChI is InChI=1S/C27H34Cl2N2O4/c1-3-35-23-15-14-19(16-24(23)34-2)26(27(33)30-21-11-6-4-5-7-12-21)31(25(32)17-28)18-20-10-8-9-13-22(20)29/h8-10,13-16,21,26H,3-7,11-12,17-18H2,1-2H3,(H,30,33). The summed E-state index contributed by atoms with van der Waals surface area (Å²) < 4.78 is 11.2. The Bertz CT molecular complexity index is 993. The number of carbonyl (C=O) groups is 2. The Labute approximate surface area is 217 Å². The van der Waals surface area contributed by atoms with Crippen molar-refractivity contribution in [1.29, 1.82) is 0 Å². The minimum Gasteiger partial charge on any atom is -0.493 e. The molecule has 0 aliphatic heterocycles. The molecule has 1 atom stereocenters. The predicted molar refractivity (Wildman–Crippen MR) is 139 cm³/mol. The Morgan fingerprint density at radius 2 is 1.80 bits per heavy atom. The van der Waals surface area contributed by atoms with Gasteiger partial charge in [-0.1, -0.05) is 61.5 Å². The molecule has 1 N–H and O–H groups in total. The quantitative estimate of drug-likeness (QED) is 0.313. The smallest absolute Gasteiger partial charge is 0.247 e. The SMILES string of the molecule is CCOc1ccc(C(C(=O)NC2CCCCCC2)N(Cc2ccccc2Cl)C(=O)CCl)cc1OC. The number of alkyl halides is 1. The maximum Gasteiger partial charge on any atom is 0.247 e. The highest BCUT2D eigenvalue weighted by Gasteiger charge is 2.33. The van der Waals surface area contributed by atoms with Crippen LogP contribution in [0.4, 0.5) is 0 Å². The molecule has 8 heteroatoms. The predicted octanol–water partition coefficient (Wildman–Crippen LogP) is 5.90. The first kappa shape index (κ1) is 27.2. The minimum atomic E-state index is -0.912. The first-order valence-corrected chi connectivity index (χ1v) is 13.1. The molecule has 0 spiro atoms. The number of hydrogen-bond donors (Lipinski definition) is 1. The number of carbonyl (C=O) groups excluding carboxylic acids is 2. The number of halogens is 2. The number of ether oxygens (including phenoxy) is 2. The van der Waals surface area contributed by atoms with E-state index in [2.05, 4.69) is 5.32 Å². The number of benzene rings is 2. The summed E-state index contributed by atoms with van der Waals surface area (Å²) in [6.07, 6.45) is 6.37. The average molecular weight is 521 g/mol. The van der Waals surface area contributed by atoms with Crippen molar-refractivity contribution in [1.82, 2.24) is 10.2 Å². The summed E-state index contributed by atoms with van der Waals surface area (Å²) in [5.41, 5.74) is 1.35. The van der Waals surface area contributed by atoms with E-state index in [0.717, 1.165) is 31.2 Å². The second kappa shape index (κ2) is 13.6. The summed E-state index contributed by atoms with van der Waals surface area (Å²) >= 11 is 12.4. The molecule has 0 aromatic heterocycles. The fourth-order valence-electron chi connectivity index (χ4n) is 4.52. The molecule has 190 valence electrons. The molecule has 2 aromatic rings. The summed E-state index contributed by atoms with van der Waals surface area (Å²) in [5.74, 6) is 0.205. The second-order valence-corrected chi connectivity index (χ2v) is 9.36. The van der Waals surface area contributed by atoms with Crippen molar-refractivity contribution in [3.05, 3.63) is 58.6 Å². The van der Waals surface area contributed by atoms with Gasteiger partial charge in [-0.15, -0.1) is 11.6 Å². The summed E-state index contributed by atoms with van der Waals surface area (Å²) in [6.45, 7) is 2.51. The van der Waals surface area contributed by atoms with Crippen LogP contribution in [-0.4, -0.2) is 42.4 Å². The number of rotatable bonds is 10. The third-order valence-electron chi connectivity index (χ3n) is 6.30. The molecule has 1 aliphatic carbocycles. The van der Waals surface area contributed by atoms with Gasteiger partial charge >= 0.3 is 0 Å². The van der Waals surface area contributed by atoms with E-state index in [-0.39, 0.29) is 30.3 Å². The number of methoxy groups -OCH3 is 1. The maximum atomic E-state index is 13.8. The fraction of sp³-hybridized carbons (Fsp3) is 0.481. The molecule has 2 aromatic carbocycles. The van der Waals surface area contributed by atoms with Crippen molar-refractivity contribution in [3.63, 3.8) is 0 Å². The van der Waals surface area contributed by atoms with Gasteiger partial charge in [0.25, 0.3) is 0 Å². The second-order valence-electron chi connectivity index (χ2n) is 8.69. The highest BCUT2D eigenvalue weighted by Crippen LogP contribution is 2.34. The molecule has 0 saturated heterocycles. The van der Waals surface area contributed by atoms with Crippen LogP contribution in [-0.2, 0) is 16.1 Å². The summed E-state index contributed by atoms with van der Waals surface area (Å²) in [6, 6.07) is 11.8.